The Hall–Kier alpha value is -1.19. The molecule has 0 bridgehead atoms. The second-order valence-corrected chi connectivity index (χ2v) is 6.11. The summed E-state index contributed by atoms with van der Waals surface area (Å²) in [7, 11) is 0. The Kier molecular flexibility index (Phi) is 3.06. The van der Waals surface area contributed by atoms with Crippen LogP contribution in [-0.4, -0.2) is 15.9 Å². The number of hydrogen-bond donors (Lipinski definition) is 0. The number of nitrogens with zero attached hydrogens (tertiary/aromatic N) is 2. The van der Waals surface area contributed by atoms with Crippen molar-refractivity contribution in [3.05, 3.63) is 11.7 Å². The van der Waals surface area contributed by atoms with Gasteiger partial charge in [0.25, 0.3) is 0 Å². The predicted octanol–water partition coefficient (Wildman–Crippen LogP) is 2.74. The van der Waals surface area contributed by atoms with E-state index in [9.17, 15) is 4.79 Å². The van der Waals surface area contributed by atoms with Crippen molar-refractivity contribution in [3.63, 3.8) is 0 Å². The van der Waals surface area contributed by atoms with Crippen LogP contribution in [0.25, 0.3) is 0 Å². The van der Waals surface area contributed by atoms with E-state index in [1.54, 1.807) is 0 Å². The van der Waals surface area contributed by atoms with E-state index in [-0.39, 0.29) is 12.2 Å². The fourth-order valence-corrected chi connectivity index (χ4v) is 2.09. The van der Waals surface area contributed by atoms with E-state index in [4.69, 9.17) is 4.52 Å². The molecule has 4 heteroatoms. The van der Waals surface area contributed by atoms with Crippen molar-refractivity contribution in [1.82, 2.24) is 10.1 Å². The minimum atomic E-state index is 0.172. The summed E-state index contributed by atoms with van der Waals surface area (Å²) in [6, 6.07) is 0. The van der Waals surface area contributed by atoms with Gasteiger partial charge in [0, 0.05) is 12.3 Å². The van der Waals surface area contributed by atoms with Gasteiger partial charge in [-0.25, -0.2) is 0 Å². The van der Waals surface area contributed by atoms with Crippen molar-refractivity contribution < 1.29 is 9.32 Å². The first-order valence-electron chi connectivity index (χ1n) is 6.22. The van der Waals surface area contributed by atoms with Crippen LogP contribution in [0.1, 0.15) is 58.2 Å². The molecule has 0 N–H and O–H groups in total. The van der Waals surface area contributed by atoms with Gasteiger partial charge in [-0.2, -0.15) is 4.98 Å². The van der Waals surface area contributed by atoms with Crippen LogP contribution in [0.2, 0.25) is 0 Å². The topological polar surface area (TPSA) is 56.0 Å². The third-order valence-corrected chi connectivity index (χ3v) is 3.29. The van der Waals surface area contributed by atoms with Crippen molar-refractivity contribution in [1.29, 1.82) is 0 Å². The van der Waals surface area contributed by atoms with Crippen molar-refractivity contribution in [2.75, 3.05) is 0 Å². The maximum Gasteiger partial charge on any atom is 0.234 e. The molecule has 94 valence electrons. The van der Waals surface area contributed by atoms with E-state index in [0.717, 1.165) is 12.2 Å². The predicted molar refractivity (Wildman–Crippen MR) is 63.6 cm³/mol. The Labute approximate surface area is 102 Å². The minimum absolute atomic E-state index is 0.172. The number of carbonyl (C=O) groups excluding carboxylic acids is 1. The van der Waals surface area contributed by atoms with E-state index in [1.165, 1.54) is 0 Å². The van der Waals surface area contributed by atoms with Crippen molar-refractivity contribution in [2.45, 2.75) is 52.9 Å². The van der Waals surface area contributed by atoms with Crippen LogP contribution < -0.4 is 0 Å². The van der Waals surface area contributed by atoms with E-state index in [2.05, 4.69) is 24.0 Å². The molecule has 4 nitrogen and oxygen atoms in total. The summed E-state index contributed by atoms with van der Waals surface area (Å²) in [5.74, 6) is 2.19. The fraction of sp³-hybridized carbons (Fsp3) is 0.769. The van der Waals surface area contributed by atoms with E-state index in [0.29, 0.717) is 29.6 Å². The molecule has 1 aromatic rings. The summed E-state index contributed by atoms with van der Waals surface area (Å²) in [4.78, 5) is 15.9. The highest BCUT2D eigenvalue weighted by molar-refractivity contribution is 5.80. The first kappa shape index (κ1) is 12.3. The normalized spacial score (nSPS) is 21.8. The molecule has 0 saturated heterocycles. The smallest absolute Gasteiger partial charge is 0.234 e. The van der Waals surface area contributed by atoms with Gasteiger partial charge in [-0.3, -0.25) is 4.79 Å². The molecule has 1 heterocycles. The number of ketones is 1. The zero-order valence-corrected chi connectivity index (χ0v) is 11.0. The number of hydrogen-bond acceptors (Lipinski definition) is 4. The second-order valence-electron chi connectivity index (χ2n) is 6.11. The molecule has 1 aromatic heterocycles. The van der Waals surface area contributed by atoms with Crippen LogP contribution in [0.4, 0.5) is 0 Å². The molecular weight excluding hydrogens is 216 g/mol. The quantitative estimate of drug-likeness (QED) is 0.788. The molecule has 17 heavy (non-hydrogen) atoms. The summed E-state index contributed by atoms with van der Waals surface area (Å²) in [5, 5.41) is 3.97. The van der Waals surface area contributed by atoms with Gasteiger partial charge in [0.05, 0.1) is 6.42 Å². The van der Waals surface area contributed by atoms with E-state index < -0.39 is 0 Å². The molecule has 0 spiro atoms. The molecule has 0 aromatic carbocycles. The third-order valence-electron chi connectivity index (χ3n) is 3.29. The molecule has 1 unspecified atom stereocenters. The van der Waals surface area contributed by atoms with E-state index in [1.807, 2.05) is 13.8 Å². The highest BCUT2D eigenvalue weighted by Gasteiger charge is 2.49. The maximum atomic E-state index is 11.6. The molecule has 0 amide bonds. The summed E-state index contributed by atoms with van der Waals surface area (Å²) in [6.07, 6.45) is 1.96. The van der Waals surface area contributed by atoms with Gasteiger partial charge < -0.3 is 4.52 Å². The van der Waals surface area contributed by atoms with Gasteiger partial charge in [0.1, 0.15) is 5.78 Å². The molecule has 0 aliphatic heterocycles. The molecule has 1 saturated carbocycles. The first-order valence-corrected chi connectivity index (χ1v) is 6.22. The number of Topliss-reactive ketones (excluding diaryl/α,β-unsaturated/α-hetero) is 1. The highest BCUT2D eigenvalue weighted by Crippen LogP contribution is 2.57. The monoisotopic (exact) mass is 236 g/mol. The molecule has 1 atom stereocenters. The van der Waals surface area contributed by atoms with Crippen LogP contribution in [0.5, 0.6) is 0 Å². The van der Waals surface area contributed by atoms with Gasteiger partial charge >= 0.3 is 0 Å². The van der Waals surface area contributed by atoms with Crippen LogP contribution in [-0.2, 0) is 11.2 Å². The standard InChI is InChI=1S/C13H20N2O2/c1-8(2)5-9(16)6-11-14-12(15-17-11)10-7-13(10,3)4/h8,10H,5-7H2,1-4H3. The minimum Gasteiger partial charge on any atom is -0.339 e. The molecule has 0 radical (unpaired) electrons. The second kappa shape index (κ2) is 4.24. The Morgan fingerprint density at radius 3 is 2.71 bits per heavy atom. The zero-order chi connectivity index (χ0) is 12.6. The highest BCUT2D eigenvalue weighted by atomic mass is 16.5. The Morgan fingerprint density at radius 1 is 1.53 bits per heavy atom. The van der Waals surface area contributed by atoms with Gasteiger partial charge in [-0.05, 0) is 17.8 Å². The van der Waals surface area contributed by atoms with Gasteiger partial charge in [-0.1, -0.05) is 32.9 Å². The molecule has 1 aliphatic rings. The molecular formula is C13H20N2O2. The van der Waals surface area contributed by atoms with Gasteiger partial charge in [-0.15, -0.1) is 0 Å². The lowest BCUT2D eigenvalue weighted by molar-refractivity contribution is -0.119. The van der Waals surface area contributed by atoms with Crippen molar-refractivity contribution in [2.24, 2.45) is 11.3 Å². The summed E-state index contributed by atoms with van der Waals surface area (Å²) in [6.45, 7) is 8.45. The third kappa shape index (κ3) is 2.93. The Morgan fingerprint density at radius 2 is 2.18 bits per heavy atom. The molecule has 2 rings (SSSR count). The van der Waals surface area contributed by atoms with Crippen molar-refractivity contribution in [3.8, 4) is 0 Å². The Balaban J connectivity index is 1.93. The number of carbonyl (C=O) groups is 1. The zero-order valence-electron chi connectivity index (χ0n) is 11.0. The summed E-state index contributed by atoms with van der Waals surface area (Å²) >= 11 is 0. The first-order chi connectivity index (χ1) is 7.88. The van der Waals surface area contributed by atoms with Crippen molar-refractivity contribution >= 4 is 5.78 Å². The fourth-order valence-electron chi connectivity index (χ4n) is 2.09. The lowest BCUT2D eigenvalue weighted by atomic mass is 10.1. The van der Waals surface area contributed by atoms with Crippen LogP contribution in [0.3, 0.4) is 0 Å². The Bertz CT molecular complexity index is 421. The molecule has 1 aliphatic carbocycles. The number of aromatic nitrogens is 2. The van der Waals surface area contributed by atoms with Crippen LogP contribution >= 0.6 is 0 Å². The lowest BCUT2D eigenvalue weighted by Gasteiger charge is -2.00. The summed E-state index contributed by atoms with van der Waals surface area (Å²) < 4.78 is 5.13. The summed E-state index contributed by atoms with van der Waals surface area (Å²) in [5.41, 5.74) is 0.295. The maximum absolute atomic E-state index is 11.6. The average Bonchev–Trinajstić information content (AvgIpc) is 2.62. The number of rotatable bonds is 5. The average molecular weight is 236 g/mol. The van der Waals surface area contributed by atoms with E-state index >= 15 is 0 Å². The largest absolute Gasteiger partial charge is 0.339 e. The SMILES string of the molecule is CC(C)CC(=O)Cc1nc(C2CC2(C)C)no1. The lowest BCUT2D eigenvalue weighted by Crippen LogP contribution is -2.06. The van der Waals surface area contributed by atoms with Gasteiger partial charge in [0.2, 0.25) is 5.89 Å². The molecule has 1 fully saturated rings. The van der Waals surface area contributed by atoms with Crippen LogP contribution in [0.15, 0.2) is 4.52 Å². The van der Waals surface area contributed by atoms with Gasteiger partial charge in [0.15, 0.2) is 5.82 Å². The van der Waals surface area contributed by atoms with Crippen LogP contribution in [0, 0.1) is 11.3 Å².